The van der Waals surface area contributed by atoms with Crippen LogP contribution in [0.15, 0.2) is 48.5 Å². The maximum atomic E-state index is 12.0. The second-order valence-electron chi connectivity index (χ2n) is 5.89. The summed E-state index contributed by atoms with van der Waals surface area (Å²) >= 11 is 1.68. The minimum Gasteiger partial charge on any atom is -0.457 e. The molecule has 2 rings (SSSR count). The highest BCUT2D eigenvalue weighted by atomic mass is 32.2. The van der Waals surface area contributed by atoms with Crippen molar-refractivity contribution in [2.75, 3.05) is 31.0 Å². The normalized spacial score (nSPS) is 11.8. The summed E-state index contributed by atoms with van der Waals surface area (Å²) < 4.78 is 10.9. The topological polar surface area (TPSA) is 73.6 Å². The van der Waals surface area contributed by atoms with Crippen molar-refractivity contribution in [3.63, 3.8) is 0 Å². The largest absolute Gasteiger partial charge is 0.457 e. The summed E-state index contributed by atoms with van der Waals surface area (Å²) in [5.41, 5.74) is 7.78. The van der Waals surface area contributed by atoms with Crippen molar-refractivity contribution in [1.29, 1.82) is 0 Å². The van der Waals surface area contributed by atoms with Crippen LogP contribution in [0.3, 0.4) is 0 Å². The van der Waals surface area contributed by atoms with Crippen LogP contribution in [0.2, 0.25) is 0 Å². The highest BCUT2D eigenvalue weighted by Crippen LogP contribution is 2.23. The average molecular weight is 375 g/mol. The minimum absolute atomic E-state index is 0.167. The monoisotopic (exact) mass is 374 g/mol. The standard InChI is InChI=1S/C20H26N2O3S/c1-24-13-11-15-3-7-17(8-4-15)25-18-9-5-16(6-10-18)22-20(23)19(21)12-14-26-2/h3-10,19H,11-14,21H2,1-2H3,(H,22,23)/t19-/m0/s1. The molecular formula is C20H26N2O3S. The van der Waals surface area contributed by atoms with E-state index in [9.17, 15) is 4.79 Å². The van der Waals surface area contributed by atoms with E-state index in [4.69, 9.17) is 15.2 Å². The van der Waals surface area contributed by atoms with E-state index in [0.29, 0.717) is 24.5 Å². The van der Waals surface area contributed by atoms with E-state index in [1.54, 1.807) is 18.9 Å². The first-order valence-electron chi connectivity index (χ1n) is 8.53. The molecule has 0 spiro atoms. The number of carbonyl (C=O) groups excluding carboxylic acids is 1. The summed E-state index contributed by atoms with van der Waals surface area (Å²) in [4.78, 5) is 12.0. The Bertz CT molecular complexity index is 674. The maximum absolute atomic E-state index is 12.0. The minimum atomic E-state index is -0.491. The first-order valence-corrected chi connectivity index (χ1v) is 9.93. The molecule has 0 unspecified atom stereocenters. The fourth-order valence-electron chi connectivity index (χ4n) is 2.30. The van der Waals surface area contributed by atoms with Gasteiger partial charge in [0.15, 0.2) is 0 Å². The van der Waals surface area contributed by atoms with Crippen LogP contribution in [0.5, 0.6) is 11.5 Å². The quantitative estimate of drug-likeness (QED) is 0.663. The lowest BCUT2D eigenvalue weighted by molar-refractivity contribution is -0.117. The van der Waals surface area contributed by atoms with Crippen molar-refractivity contribution in [1.82, 2.24) is 0 Å². The highest BCUT2D eigenvalue weighted by molar-refractivity contribution is 7.98. The zero-order valence-corrected chi connectivity index (χ0v) is 16.1. The van der Waals surface area contributed by atoms with Gasteiger partial charge in [-0.25, -0.2) is 0 Å². The van der Waals surface area contributed by atoms with E-state index < -0.39 is 6.04 Å². The number of benzene rings is 2. The third-order valence-corrected chi connectivity index (χ3v) is 4.49. The number of ether oxygens (including phenoxy) is 2. The number of rotatable bonds is 10. The molecule has 1 amide bonds. The molecule has 26 heavy (non-hydrogen) atoms. The van der Waals surface area contributed by atoms with Gasteiger partial charge in [0.1, 0.15) is 11.5 Å². The molecule has 2 aromatic rings. The first kappa shape index (κ1) is 20.3. The Morgan fingerprint density at radius 3 is 2.31 bits per heavy atom. The van der Waals surface area contributed by atoms with Crippen molar-refractivity contribution in [3.05, 3.63) is 54.1 Å². The fraction of sp³-hybridized carbons (Fsp3) is 0.350. The Morgan fingerprint density at radius 1 is 1.12 bits per heavy atom. The van der Waals surface area contributed by atoms with Crippen molar-refractivity contribution in [2.24, 2.45) is 5.73 Å². The molecule has 3 N–H and O–H groups in total. The summed E-state index contributed by atoms with van der Waals surface area (Å²) in [6.45, 7) is 0.703. The zero-order valence-electron chi connectivity index (χ0n) is 15.2. The molecule has 0 aliphatic carbocycles. The molecule has 0 aromatic heterocycles. The third-order valence-electron chi connectivity index (χ3n) is 3.85. The molecule has 6 heteroatoms. The Morgan fingerprint density at radius 2 is 1.73 bits per heavy atom. The number of amides is 1. The molecule has 0 bridgehead atoms. The molecule has 0 fully saturated rings. The van der Waals surface area contributed by atoms with Gasteiger partial charge in [0, 0.05) is 12.8 Å². The lowest BCUT2D eigenvalue weighted by Crippen LogP contribution is -2.36. The van der Waals surface area contributed by atoms with Crippen LogP contribution in [0.4, 0.5) is 5.69 Å². The zero-order chi connectivity index (χ0) is 18.8. The van der Waals surface area contributed by atoms with E-state index in [0.717, 1.165) is 17.9 Å². The number of hydrogen-bond donors (Lipinski definition) is 2. The van der Waals surface area contributed by atoms with E-state index in [1.807, 2.05) is 54.8 Å². The van der Waals surface area contributed by atoms with Crippen molar-refractivity contribution in [3.8, 4) is 11.5 Å². The number of nitrogens with two attached hydrogens (primary N) is 1. The molecule has 2 aromatic carbocycles. The van der Waals surface area contributed by atoms with Gasteiger partial charge in [-0.15, -0.1) is 0 Å². The van der Waals surface area contributed by atoms with Gasteiger partial charge in [-0.2, -0.15) is 11.8 Å². The van der Waals surface area contributed by atoms with Crippen LogP contribution in [-0.4, -0.2) is 37.7 Å². The molecular weight excluding hydrogens is 348 g/mol. The number of thioether (sulfide) groups is 1. The number of carbonyl (C=O) groups is 1. The molecule has 0 aliphatic heterocycles. The van der Waals surface area contributed by atoms with Gasteiger partial charge in [0.05, 0.1) is 12.6 Å². The number of nitrogens with one attached hydrogen (secondary N) is 1. The number of hydrogen-bond acceptors (Lipinski definition) is 5. The Kier molecular flexibility index (Phi) is 8.47. The van der Waals surface area contributed by atoms with Gasteiger partial charge in [-0.05, 0) is 66.8 Å². The van der Waals surface area contributed by atoms with Crippen LogP contribution in [0.25, 0.3) is 0 Å². The SMILES string of the molecule is COCCc1ccc(Oc2ccc(NC(=O)[C@@H](N)CCSC)cc2)cc1. The molecule has 0 aliphatic rings. The van der Waals surface area contributed by atoms with Crippen LogP contribution < -0.4 is 15.8 Å². The summed E-state index contributed by atoms with van der Waals surface area (Å²) in [5.74, 6) is 2.17. The first-order chi connectivity index (χ1) is 12.6. The predicted octanol–water partition coefficient (Wildman–Crippen LogP) is 3.69. The van der Waals surface area contributed by atoms with Gasteiger partial charge >= 0.3 is 0 Å². The van der Waals surface area contributed by atoms with Crippen LogP contribution in [-0.2, 0) is 16.0 Å². The fourth-order valence-corrected chi connectivity index (χ4v) is 2.79. The van der Waals surface area contributed by atoms with Crippen LogP contribution >= 0.6 is 11.8 Å². The van der Waals surface area contributed by atoms with Gasteiger partial charge in [-0.1, -0.05) is 12.1 Å². The Balaban J connectivity index is 1.87. The maximum Gasteiger partial charge on any atom is 0.241 e. The average Bonchev–Trinajstić information content (AvgIpc) is 2.67. The van der Waals surface area contributed by atoms with E-state index in [1.165, 1.54) is 5.56 Å². The van der Waals surface area contributed by atoms with Gasteiger partial charge in [0.2, 0.25) is 5.91 Å². The lowest BCUT2D eigenvalue weighted by atomic mass is 10.1. The molecule has 5 nitrogen and oxygen atoms in total. The van der Waals surface area contributed by atoms with Gasteiger partial charge in [0.25, 0.3) is 0 Å². The smallest absolute Gasteiger partial charge is 0.241 e. The van der Waals surface area contributed by atoms with Gasteiger partial charge < -0.3 is 20.5 Å². The second-order valence-corrected chi connectivity index (χ2v) is 6.88. The van der Waals surface area contributed by atoms with E-state index >= 15 is 0 Å². The van der Waals surface area contributed by atoms with E-state index in [2.05, 4.69) is 5.32 Å². The lowest BCUT2D eigenvalue weighted by Gasteiger charge is -2.12. The van der Waals surface area contributed by atoms with Crippen LogP contribution in [0, 0.1) is 0 Å². The Hall–Kier alpha value is -2.02. The summed E-state index contributed by atoms with van der Waals surface area (Å²) in [6.07, 6.45) is 3.54. The van der Waals surface area contributed by atoms with Crippen molar-refractivity contribution in [2.45, 2.75) is 18.9 Å². The van der Waals surface area contributed by atoms with Crippen molar-refractivity contribution < 1.29 is 14.3 Å². The van der Waals surface area contributed by atoms with Gasteiger partial charge in [-0.3, -0.25) is 4.79 Å². The molecule has 0 heterocycles. The highest BCUT2D eigenvalue weighted by Gasteiger charge is 2.12. The molecule has 0 saturated carbocycles. The van der Waals surface area contributed by atoms with E-state index in [-0.39, 0.29) is 5.91 Å². The summed E-state index contributed by atoms with van der Waals surface area (Å²) in [5, 5.41) is 2.83. The molecule has 0 radical (unpaired) electrons. The summed E-state index contributed by atoms with van der Waals surface area (Å²) in [7, 11) is 1.70. The summed E-state index contributed by atoms with van der Waals surface area (Å²) in [6, 6.07) is 14.7. The predicted molar refractivity (Wildman–Crippen MR) is 108 cm³/mol. The second kappa shape index (κ2) is 10.9. The third kappa shape index (κ3) is 6.71. The van der Waals surface area contributed by atoms with Crippen molar-refractivity contribution >= 4 is 23.4 Å². The molecule has 0 saturated heterocycles. The molecule has 1 atom stereocenters. The molecule has 140 valence electrons. The van der Waals surface area contributed by atoms with Crippen LogP contribution in [0.1, 0.15) is 12.0 Å². The number of methoxy groups -OCH3 is 1. The Labute approximate surface area is 159 Å². The number of anilines is 1.